The van der Waals surface area contributed by atoms with E-state index in [4.69, 9.17) is 9.84 Å². The Morgan fingerprint density at radius 1 is 1.33 bits per heavy atom. The number of carbonyl (C=O) groups is 1. The van der Waals surface area contributed by atoms with Crippen molar-refractivity contribution in [3.8, 4) is 0 Å². The molecule has 4 heterocycles. The highest BCUT2D eigenvalue weighted by molar-refractivity contribution is 5.71. The van der Waals surface area contributed by atoms with Crippen LogP contribution in [0.1, 0.15) is 41.1 Å². The van der Waals surface area contributed by atoms with E-state index in [-0.39, 0.29) is 12.2 Å². The Morgan fingerprint density at radius 3 is 2.83 bits per heavy atom. The van der Waals surface area contributed by atoms with E-state index in [0.717, 1.165) is 23.4 Å². The lowest BCUT2D eigenvalue weighted by atomic mass is 10.0. The van der Waals surface area contributed by atoms with E-state index in [1.165, 1.54) is 13.2 Å². The van der Waals surface area contributed by atoms with E-state index >= 15 is 0 Å². The predicted octanol–water partition coefficient (Wildman–Crippen LogP) is 2.73. The molecule has 2 aliphatic rings. The van der Waals surface area contributed by atoms with Crippen LogP contribution in [-0.2, 0) is 30.7 Å². The van der Waals surface area contributed by atoms with Gasteiger partial charge < -0.3 is 19.6 Å². The van der Waals surface area contributed by atoms with E-state index < -0.39 is 12.5 Å². The average molecular weight is 421 g/mol. The maximum Gasteiger partial charge on any atom is 0.409 e. The van der Waals surface area contributed by atoms with Crippen LogP contribution in [0.4, 0.5) is 25.1 Å². The molecule has 8 nitrogen and oxygen atoms in total. The van der Waals surface area contributed by atoms with Crippen LogP contribution in [0, 0.1) is 6.92 Å². The number of fused-ring (bicyclic) bond motifs is 2. The van der Waals surface area contributed by atoms with Gasteiger partial charge in [-0.1, -0.05) is 0 Å². The summed E-state index contributed by atoms with van der Waals surface area (Å²) in [6.45, 7) is 3.28. The number of aromatic nitrogens is 3. The third-order valence-electron chi connectivity index (χ3n) is 5.74. The molecule has 0 fully saturated rings. The van der Waals surface area contributed by atoms with Crippen LogP contribution in [0.2, 0.25) is 0 Å². The lowest BCUT2D eigenvalue weighted by molar-refractivity contribution is 0.118. The third kappa shape index (κ3) is 3.49. The zero-order valence-corrected chi connectivity index (χ0v) is 17.1. The van der Waals surface area contributed by atoms with Crippen molar-refractivity contribution in [2.45, 2.75) is 45.7 Å². The number of halogens is 2. The van der Waals surface area contributed by atoms with Gasteiger partial charge in [0.05, 0.1) is 38.2 Å². The molecule has 0 aromatic carbocycles. The number of methoxy groups -OCH3 is 1. The van der Waals surface area contributed by atoms with Gasteiger partial charge in [-0.3, -0.25) is 9.67 Å². The zero-order chi connectivity index (χ0) is 21.4. The number of aryl methyl sites for hydroxylation is 2. The van der Waals surface area contributed by atoms with Gasteiger partial charge in [0, 0.05) is 42.0 Å². The molecule has 1 amide bonds. The lowest BCUT2D eigenvalue weighted by Gasteiger charge is -2.32. The van der Waals surface area contributed by atoms with E-state index in [1.54, 1.807) is 16.5 Å². The number of alkyl halides is 2. The monoisotopic (exact) mass is 421 g/mol. The number of aliphatic hydroxyl groups excluding tert-OH is 1. The van der Waals surface area contributed by atoms with Crippen LogP contribution in [0.15, 0.2) is 6.07 Å². The third-order valence-corrected chi connectivity index (χ3v) is 5.74. The van der Waals surface area contributed by atoms with E-state index in [2.05, 4.69) is 4.98 Å². The second kappa shape index (κ2) is 8.17. The van der Waals surface area contributed by atoms with Crippen molar-refractivity contribution in [1.29, 1.82) is 0 Å². The summed E-state index contributed by atoms with van der Waals surface area (Å²) in [5, 5.41) is 14.2. The van der Waals surface area contributed by atoms with Gasteiger partial charge in [-0.05, 0) is 25.8 Å². The fourth-order valence-corrected chi connectivity index (χ4v) is 4.30. The van der Waals surface area contributed by atoms with Crippen LogP contribution in [0.25, 0.3) is 0 Å². The summed E-state index contributed by atoms with van der Waals surface area (Å²) < 4.78 is 33.7. The molecule has 162 valence electrons. The van der Waals surface area contributed by atoms with Crippen LogP contribution >= 0.6 is 0 Å². The van der Waals surface area contributed by atoms with Crippen molar-refractivity contribution in [1.82, 2.24) is 19.7 Å². The molecule has 0 spiro atoms. The number of carbonyl (C=O) groups excluding carboxylic acids is 1. The van der Waals surface area contributed by atoms with E-state index in [9.17, 15) is 18.7 Å². The van der Waals surface area contributed by atoms with Crippen LogP contribution in [-0.4, -0.2) is 57.7 Å². The molecule has 30 heavy (non-hydrogen) atoms. The maximum absolute atomic E-state index is 13.5. The zero-order valence-electron chi connectivity index (χ0n) is 17.1. The molecule has 0 bridgehead atoms. The number of rotatable bonds is 4. The summed E-state index contributed by atoms with van der Waals surface area (Å²) in [7, 11) is 1.34. The first-order chi connectivity index (χ1) is 14.4. The molecule has 0 unspecified atom stereocenters. The number of pyridine rings is 1. The minimum Gasteiger partial charge on any atom is -0.453 e. The van der Waals surface area contributed by atoms with Gasteiger partial charge >= 0.3 is 6.09 Å². The van der Waals surface area contributed by atoms with Crippen molar-refractivity contribution in [2.24, 2.45) is 0 Å². The van der Waals surface area contributed by atoms with Crippen LogP contribution in [0.3, 0.4) is 0 Å². The minimum atomic E-state index is -2.61. The molecular formula is C20H25F2N5O3. The highest BCUT2D eigenvalue weighted by Crippen LogP contribution is 2.39. The Hall–Kier alpha value is -2.75. The summed E-state index contributed by atoms with van der Waals surface area (Å²) >= 11 is 0. The quantitative estimate of drug-likeness (QED) is 0.817. The Kier molecular flexibility index (Phi) is 5.59. The number of ether oxygens (including phenoxy) is 1. The highest BCUT2D eigenvalue weighted by Gasteiger charge is 2.33. The smallest absolute Gasteiger partial charge is 0.409 e. The van der Waals surface area contributed by atoms with Gasteiger partial charge in [-0.15, -0.1) is 0 Å². The van der Waals surface area contributed by atoms with E-state index in [0.29, 0.717) is 56.2 Å². The second-order valence-corrected chi connectivity index (χ2v) is 7.52. The number of aliphatic hydroxyl groups is 1. The molecule has 2 aliphatic heterocycles. The first-order valence-electron chi connectivity index (χ1n) is 10.0. The Morgan fingerprint density at radius 2 is 2.13 bits per heavy atom. The second-order valence-electron chi connectivity index (χ2n) is 7.52. The van der Waals surface area contributed by atoms with Gasteiger partial charge in [0.25, 0.3) is 6.43 Å². The molecule has 2 aromatic heterocycles. The number of amides is 1. The van der Waals surface area contributed by atoms with Crippen molar-refractivity contribution in [3.63, 3.8) is 0 Å². The van der Waals surface area contributed by atoms with Crippen molar-refractivity contribution in [2.75, 3.05) is 31.7 Å². The first kappa shape index (κ1) is 20.5. The largest absolute Gasteiger partial charge is 0.453 e. The van der Waals surface area contributed by atoms with Crippen molar-refractivity contribution < 1.29 is 23.4 Å². The SMILES string of the molecule is COC(=O)N1CCc2c(c(N3CCCc4nc(C)c(C(F)F)cc43)nn2CCO)C1. The van der Waals surface area contributed by atoms with Gasteiger partial charge in [0.15, 0.2) is 5.82 Å². The van der Waals surface area contributed by atoms with Gasteiger partial charge in [-0.25, -0.2) is 13.6 Å². The highest BCUT2D eigenvalue weighted by atomic mass is 19.3. The Balaban J connectivity index is 1.80. The van der Waals surface area contributed by atoms with Crippen LogP contribution in [0.5, 0.6) is 0 Å². The molecule has 0 saturated carbocycles. The Labute approximate surface area is 173 Å². The molecule has 2 aromatic rings. The molecule has 0 saturated heterocycles. The van der Waals surface area contributed by atoms with Crippen molar-refractivity contribution >= 4 is 17.6 Å². The number of anilines is 2. The van der Waals surface area contributed by atoms with E-state index in [1.807, 2.05) is 4.90 Å². The van der Waals surface area contributed by atoms with Gasteiger partial charge in [-0.2, -0.15) is 5.10 Å². The fraction of sp³-hybridized carbons (Fsp3) is 0.550. The molecule has 0 aliphatic carbocycles. The molecule has 10 heteroatoms. The topological polar surface area (TPSA) is 83.7 Å². The van der Waals surface area contributed by atoms with Gasteiger partial charge in [0.2, 0.25) is 0 Å². The minimum absolute atomic E-state index is 0.0683. The molecule has 1 N–H and O–H groups in total. The summed E-state index contributed by atoms with van der Waals surface area (Å²) in [6.07, 6.45) is -0.924. The first-order valence-corrected chi connectivity index (χ1v) is 10.0. The normalized spacial score (nSPS) is 15.9. The summed E-state index contributed by atoms with van der Waals surface area (Å²) in [5.41, 5.74) is 3.46. The lowest BCUT2D eigenvalue weighted by Crippen LogP contribution is -2.37. The summed E-state index contributed by atoms with van der Waals surface area (Å²) in [5.74, 6) is 0.624. The van der Waals surface area contributed by atoms with Crippen LogP contribution < -0.4 is 4.90 Å². The van der Waals surface area contributed by atoms with Gasteiger partial charge in [0.1, 0.15) is 0 Å². The number of nitrogens with zero attached hydrogens (tertiary/aromatic N) is 5. The average Bonchev–Trinajstić information content (AvgIpc) is 3.09. The Bertz CT molecular complexity index is 962. The summed E-state index contributed by atoms with van der Waals surface area (Å²) in [4.78, 5) is 20.0. The molecular weight excluding hydrogens is 396 g/mol. The number of hydrogen-bond donors (Lipinski definition) is 1. The summed E-state index contributed by atoms with van der Waals surface area (Å²) in [6, 6.07) is 1.51. The standard InChI is InChI=1S/C20H25F2N5O3/c1-12-13(18(21)22)10-17-15(23-12)4-3-6-26(17)19-14-11-25(20(29)30-2)7-5-16(14)27(24-19)8-9-28/h10,18,28H,3-9,11H2,1-2H3. The van der Waals surface area contributed by atoms with Crippen molar-refractivity contribution in [3.05, 3.63) is 34.3 Å². The molecule has 4 rings (SSSR count). The fourth-order valence-electron chi connectivity index (χ4n) is 4.30. The molecule has 0 radical (unpaired) electrons. The number of hydrogen-bond acceptors (Lipinski definition) is 6. The predicted molar refractivity (Wildman–Crippen MR) is 105 cm³/mol. The molecule has 0 atom stereocenters. The maximum atomic E-state index is 13.5.